The van der Waals surface area contributed by atoms with Gasteiger partial charge in [-0.2, -0.15) is 4.79 Å². The van der Waals surface area contributed by atoms with Gasteiger partial charge in [-0.3, -0.25) is 4.79 Å². The monoisotopic (exact) mass is 497 g/mol. The molecule has 35 heavy (non-hydrogen) atoms. The Labute approximate surface area is 210 Å². The SMILES string of the molecule is C[N+]1(C(=O)O)N=NN=C1SC(CC(=O)O)c1ccccc1CCCCCCCCc1ccccc1. The highest BCUT2D eigenvalue weighted by atomic mass is 32.2. The number of benzene rings is 2. The highest BCUT2D eigenvalue weighted by Gasteiger charge is 2.46. The van der Waals surface area contributed by atoms with Crippen LogP contribution in [-0.2, 0) is 17.6 Å². The standard InChI is InChI=1S/C26H32N4O4S/c1-30(26(33)34)25(27-28-29-30)35-23(19-24(31)32)22-18-12-11-17-21(22)16-10-5-3-2-4-7-13-20-14-8-6-9-15-20/h6,8-9,11-12,14-15,17-18,23H,2-5,7,10,13,16,19H2,1H3,(H-,31,32,33,34)/p+1. The number of quaternary nitrogens is 1. The number of carboxylic acids is 1. The van der Waals surface area contributed by atoms with E-state index in [1.54, 1.807) is 0 Å². The van der Waals surface area contributed by atoms with Gasteiger partial charge in [-0.05, 0) is 58.7 Å². The zero-order valence-electron chi connectivity index (χ0n) is 20.0. The Morgan fingerprint density at radius 1 is 0.886 bits per heavy atom. The zero-order chi connectivity index (χ0) is 25.1. The third kappa shape index (κ3) is 7.73. The minimum Gasteiger partial charge on any atom is -0.481 e. The van der Waals surface area contributed by atoms with Gasteiger partial charge in [-0.15, -0.1) is 0 Å². The summed E-state index contributed by atoms with van der Waals surface area (Å²) in [6.07, 6.45) is 7.57. The molecule has 0 fully saturated rings. The molecule has 3 rings (SSSR count). The van der Waals surface area contributed by atoms with Crippen LogP contribution in [0.3, 0.4) is 0 Å². The minimum atomic E-state index is -1.22. The molecule has 1 heterocycles. The summed E-state index contributed by atoms with van der Waals surface area (Å²) in [4.78, 5) is 23.3. The fraction of sp³-hybridized carbons (Fsp3) is 0.423. The summed E-state index contributed by atoms with van der Waals surface area (Å²) in [6, 6.07) is 18.4. The molecule has 0 saturated heterocycles. The highest BCUT2D eigenvalue weighted by Crippen LogP contribution is 2.39. The molecule has 8 nitrogen and oxygen atoms in total. The molecule has 0 saturated carbocycles. The lowest BCUT2D eigenvalue weighted by molar-refractivity contribution is -0.748. The summed E-state index contributed by atoms with van der Waals surface area (Å²) in [5.74, 6) is -0.954. The first kappa shape index (κ1) is 26.6. The number of aliphatic carboxylic acids is 1. The molecule has 0 spiro atoms. The number of rotatable bonds is 13. The first-order valence-corrected chi connectivity index (χ1v) is 12.9. The lowest BCUT2D eigenvalue weighted by Crippen LogP contribution is -2.45. The molecule has 0 aromatic heterocycles. The summed E-state index contributed by atoms with van der Waals surface area (Å²) in [5, 5.41) is 29.8. The summed E-state index contributed by atoms with van der Waals surface area (Å²) in [6.45, 7) is 0. The number of hydrogen-bond donors (Lipinski definition) is 2. The third-order valence-electron chi connectivity index (χ3n) is 6.11. The summed E-state index contributed by atoms with van der Waals surface area (Å²) in [5.41, 5.74) is 3.38. The lowest BCUT2D eigenvalue weighted by atomic mass is 9.97. The maximum Gasteiger partial charge on any atom is 0.549 e. The van der Waals surface area contributed by atoms with Crippen LogP contribution < -0.4 is 0 Å². The second-order valence-corrected chi connectivity index (χ2v) is 9.98. The summed E-state index contributed by atoms with van der Waals surface area (Å²) < 4.78 is -0.826. The van der Waals surface area contributed by atoms with Crippen LogP contribution in [0.4, 0.5) is 4.79 Å². The molecule has 186 valence electrons. The molecule has 0 bridgehead atoms. The van der Waals surface area contributed by atoms with Crippen molar-refractivity contribution in [3.05, 3.63) is 71.3 Å². The van der Waals surface area contributed by atoms with Crippen molar-refractivity contribution in [3.8, 4) is 0 Å². The van der Waals surface area contributed by atoms with E-state index in [4.69, 9.17) is 0 Å². The quantitative estimate of drug-likeness (QED) is 0.232. The number of carboxylic acid groups (broad SMARTS) is 2. The van der Waals surface area contributed by atoms with E-state index in [2.05, 4.69) is 39.8 Å². The number of amidine groups is 1. The molecule has 9 heteroatoms. The van der Waals surface area contributed by atoms with Crippen molar-refractivity contribution in [3.63, 3.8) is 0 Å². The van der Waals surface area contributed by atoms with E-state index in [9.17, 15) is 19.8 Å². The van der Waals surface area contributed by atoms with E-state index < -0.39 is 21.9 Å². The molecular weight excluding hydrogens is 464 g/mol. The van der Waals surface area contributed by atoms with Crippen LogP contribution in [0.2, 0.25) is 0 Å². The van der Waals surface area contributed by atoms with Crippen LogP contribution in [-0.4, -0.2) is 39.1 Å². The number of hydrogen-bond acceptors (Lipinski definition) is 6. The average Bonchev–Trinajstić information content (AvgIpc) is 3.22. The lowest BCUT2D eigenvalue weighted by Gasteiger charge is -2.21. The van der Waals surface area contributed by atoms with Gasteiger partial charge in [0.05, 0.1) is 16.9 Å². The third-order valence-corrected chi connectivity index (χ3v) is 7.46. The predicted octanol–water partition coefficient (Wildman–Crippen LogP) is 6.84. The van der Waals surface area contributed by atoms with Crippen LogP contribution in [0.1, 0.15) is 66.9 Å². The van der Waals surface area contributed by atoms with Crippen molar-refractivity contribution in [2.24, 2.45) is 15.5 Å². The maximum absolute atomic E-state index is 11.7. The Morgan fingerprint density at radius 3 is 2.20 bits per heavy atom. The molecule has 2 unspecified atom stereocenters. The van der Waals surface area contributed by atoms with E-state index >= 15 is 0 Å². The van der Waals surface area contributed by atoms with E-state index in [-0.39, 0.29) is 11.6 Å². The zero-order valence-corrected chi connectivity index (χ0v) is 20.9. The van der Waals surface area contributed by atoms with Gasteiger partial charge in [0.1, 0.15) is 7.05 Å². The molecular formula is C26H33N4O4S+. The largest absolute Gasteiger partial charge is 0.549 e. The molecule has 2 N–H and O–H groups in total. The normalized spacial score (nSPS) is 17.8. The smallest absolute Gasteiger partial charge is 0.481 e. The molecule has 2 aromatic rings. The maximum atomic E-state index is 11.7. The molecule has 0 radical (unpaired) electrons. The second-order valence-electron chi connectivity index (χ2n) is 8.81. The Bertz CT molecular complexity index is 1060. The molecule has 0 aliphatic carbocycles. The van der Waals surface area contributed by atoms with Gasteiger partial charge in [0.25, 0.3) is 0 Å². The Balaban J connectivity index is 1.52. The van der Waals surface area contributed by atoms with Gasteiger partial charge in [0.15, 0.2) is 0 Å². The van der Waals surface area contributed by atoms with E-state index in [0.29, 0.717) is 0 Å². The summed E-state index contributed by atoms with van der Waals surface area (Å²) >= 11 is 1.11. The van der Waals surface area contributed by atoms with Gasteiger partial charge in [-0.1, -0.05) is 85.4 Å². The van der Waals surface area contributed by atoms with Gasteiger partial charge in [0.2, 0.25) is 0 Å². The van der Waals surface area contributed by atoms with Crippen molar-refractivity contribution in [1.29, 1.82) is 0 Å². The topological polar surface area (TPSA) is 112 Å². The number of thioether (sulfide) groups is 1. The van der Waals surface area contributed by atoms with Crippen molar-refractivity contribution in [1.82, 2.24) is 0 Å². The number of amides is 1. The van der Waals surface area contributed by atoms with Crippen LogP contribution in [0, 0.1) is 0 Å². The van der Waals surface area contributed by atoms with Crippen LogP contribution in [0.25, 0.3) is 0 Å². The van der Waals surface area contributed by atoms with Crippen LogP contribution in [0.15, 0.2) is 70.1 Å². The Hall–Kier alpha value is -3.04. The number of carbonyl (C=O) groups is 2. The second kappa shape index (κ2) is 13.2. The number of nitrogens with zero attached hydrogens (tertiary/aromatic N) is 4. The molecule has 2 atom stereocenters. The Kier molecular flexibility index (Phi) is 9.98. The van der Waals surface area contributed by atoms with Crippen molar-refractivity contribution >= 4 is 29.0 Å². The van der Waals surface area contributed by atoms with Gasteiger partial charge < -0.3 is 10.2 Å². The first-order chi connectivity index (χ1) is 16.9. The molecule has 2 aromatic carbocycles. The fourth-order valence-electron chi connectivity index (χ4n) is 4.08. The van der Waals surface area contributed by atoms with Crippen molar-refractivity contribution < 1.29 is 24.4 Å². The van der Waals surface area contributed by atoms with Crippen LogP contribution in [0.5, 0.6) is 0 Å². The summed E-state index contributed by atoms with van der Waals surface area (Å²) in [7, 11) is 1.37. The van der Waals surface area contributed by atoms with Crippen molar-refractivity contribution in [2.75, 3.05) is 7.05 Å². The van der Waals surface area contributed by atoms with Gasteiger partial charge in [0, 0.05) is 5.22 Å². The Morgan fingerprint density at radius 2 is 1.51 bits per heavy atom. The molecule has 1 amide bonds. The molecule has 1 aliphatic rings. The van der Waals surface area contributed by atoms with E-state index in [0.717, 1.165) is 48.6 Å². The predicted molar refractivity (Wildman–Crippen MR) is 137 cm³/mol. The number of aryl methyl sites for hydroxylation is 2. The highest BCUT2D eigenvalue weighted by molar-refractivity contribution is 8.13. The van der Waals surface area contributed by atoms with Gasteiger partial charge >= 0.3 is 17.2 Å². The average molecular weight is 498 g/mol. The first-order valence-electron chi connectivity index (χ1n) is 12.0. The van der Waals surface area contributed by atoms with E-state index in [1.807, 2.05) is 30.3 Å². The fourth-order valence-corrected chi connectivity index (χ4v) is 5.32. The van der Waals surface area contributed by atoms with Gasteiger partial charge in [-0.25, -0.2) is 0 Å². The van der Waals surface area contributed by atoms with Crippen molar-refractivity contribution in [2.45, 2.75) is 63.0 Å². The minimum absolute atomic E-state index is 0.147. The van der Waals surface area contributed by atoms with Crippen LogP contribution >= 0.6 is 11.8 Å². The number of unbranched alkanes of at least 4 members (excludes halogenated alkanes) is 5. The molecule has 1 aliphatic heterocycles. The van der Waals surface area contributed by atoms with E-state index in [1.165, 1.54) is 38.3 Å².